The summed E-state index contributed by atoms with van der Waals surface area (Å²) in [5.74, 6) is 2.06. The molecule has 1 heterocycles. The number of nitro groups is 1. The quantitative estimate of drug-likeness (QED) is 0.645. The fourth-order valence-electron chi connectivity index (χ4n) is 2.49. The number of hydrogen-bond donors (Lipinski definition) is 1. The van der Waals surface area contributed by atoms with Gasteiger partial charge in [-0.05, 0) is 37.3 Å². The molecule has 0 atom stereocenters. The van der Waals surface area contributed by atoms with Crippen molar-refractivity contribution in [2.45, 2.75) is 39.2 Å². The first-order valence-electron chi connectivity index (χ1n) is 6.59. The predicted molar refractivity (Wildman–Crippen MR) is 68.2 cm³/mol. The van der Waals surface area contributed by atoms with E-state index >= 15 is 0 Å². The molecule has 1 aliphatic rings. The summed E-state index contributed by atoms with van der Waals surface area (Å²) in [4.78, 5) is 9.95. The van der Waals surface area contributed by atoms with Gasteiger partial charge in [-0.1, -0.05) is 19.8 Å². The molecule has 0 aliphatic heterocycles. The van der Waals surface area contributed by atoms with Crippen LogP contribution in [0, 0.1) is 22.0 Å². The summed E-state index contributed by atoms with van der Waals surface area (Å²) in [6.07, 6.45) is 5.20. The smallest absolute Gasteiger partial charge is 0.404 e. The second kappa shape index (κ2) is 6.00. The number of rotatable bonds is 5. The average Bonchev–Trinajstić information content (AvgIpc) is 2.81. The van der Waals surface area contributed by atoms with E-state index in [1.165, 1.54) is 31.7 Å². The van der Waals surface area contributed by atoms with E-state index in [-0.39, 0.29) is 5.88 Å². The van der Waals surface area contributed by atoms with Gasteiger partial charge in [0.05, 0.1) is 12.6 Å². The van der Waals surface area contributed by atoms with Gasteiger partial charge in [-0.15, -0.1) is 0 Å². The van der Waals surface area contributed by atoms with Crippen LogP contribution in [0.3, 0.4) is 0 Å². The van der Waals surface area contributed by atoms with Gasteiger partial charge >= 0.3 is 5.88 Å². The molecule has 0 unspecified atom stereocenters. The topological polar surface area (TPSA) is 68.3 Å². The van der Waals surface area contributed by atoms with Crippen LogP contribution in [0.5, 0.6) is 0 Å². The van der Waals surface area contributed by atoms with Gasteiger partial charge in [0.25, 0.3) is 0 Å². The molecule has 1 aromatic heterocycles. The zero-order chi connectivity index (χ0) is 13.0. The lowest BCUT2D eigenvalue weighted by Crippen LogP contribution is -2.25. The molecule has 1 fully saturated rings. The van der Waals surface area contributed by atoms with Gasteiger partial charge in [-0.2, -0.15) is 0 Å². The van der Waals surface area contributed by atoms with E-state index in [1.54, 1.807) is 6.07 Å². The Bertz CT molecular complexity index is 395. The van der Waals surface area contributed by atoms with Gasteiger partial charge in [0, 0.05) is 0 Å². The summed E-state index contributed by atoms with van der Waals surface area (Å²) < 4.78 is 5.09. The maximum Gasteiger partial charge on any atom is 0.433 e. The van der Waals surface area contributed by atoms with Crippen LogP contribution in [0.4, 0.5) is 5.88 Å². The van der Waals surface area contributed by atoms with Crippen molar-refractivity contribution in [3.8, 4) is 0 Å². The van der Waals surface area contributed by atoms with Crippen molar-refractivity contribution < 1.29 is 9.34 Å². The summed E-state index contributed by atoms with van der Waals surface area (Å²) >= 11 is 0. The summed E-state index contributed by atoms with van der Waals surface area (Å²) in [7, 11) is 0. The number of furan rings is 1. The SMILES string of the molecule is CC1CCC(CNCc2ccc([N+](=O)[O-])o2)CC1. The Hall–Kier alpha value is -1.36. The highest BCUT2D eigenvalue weighted by Crippen LogP contribution is 2.27. The molecule has 1 aliphatic carbocycles. The monoisotopic (exact) mass is 252 g/mol. The fourth-order valence-corrected chi connectivity index (χ4v) is 2.49. The molecule has 0 radical (unpaired) electrons. The molecule has 0 saturated heterocycles. The Morgan fingerprint density at radius 1 is 1.39 bits per heavy atom. The van der Waals surface area contributed by atoms with Crippen molar-refractivity contribution in [2.24, 2.45) is 11.8 Å². The minimum atomic E-state index is -0.508. The average molecular weight is 252 g/mol. The highest BCUT2D eigenvalue weighted by atomic mass is 16.6. The van der Waals surface area contributed by atoms with Crippen LogP contribution in [-0.2, 0) is 6.54 Å². The molecule has 0 bridgehead atoms. The van der Waals surface area contributed by atoms with Crippen LogP contribution in [0.1, 0.15) is 38.4 Å². The minimum Gasteiger partial charge on any atom is -0.404 e. The summed E-state index contributed by atoms with van der Waals surface area (Å²) in [5, 5.41) is 13.8. The molecule has 1 aromatic rings. The van der Waals surface area contributed by atoms with Crippen LogP contribution < -0.4 is 5.32 Å². The molecular weight excluding hydrogens is 232 g/mol. The third-order valence-corrected chi connectivity index (χ3v) is 3.70. The molecule has 2 rings (SSSR count). The van der Waals surface area contributed by atoms with Gasteiger partial charge < -0.3 is 9.73 Å². The lowest BCUT2D eigenvalue weighted by Gasteiger charge is -2.26. The summed E-state index contributed by atoms with van der Waals surface area (Å²) in [6.45, 7) is 3.85. The van der Waals surface area contributed by atoms with E-state index in [0.29, 0.717) is 12.3 Å². The number of nitrogens with one attached hydrogen (secondary N) is 1. The second-order valence-electron chi connectivity index (χ2n) is 5.25. The highest BCUT2D eigenvalue weighted by molar-refractivity contribution is 5.17. The molecule has 18 heavy (non-hydrogen) atoms. The first-order chi connectivity index (χ1) is 8.65. The summed E-state index contributed by atoms with van der Waals surface area (Å²) in [5.41, 5.74) is 0. The molecule has 1 N–H and O–H groups in total. The molecule has 5 heteroatoms. The number of hydrogen-bond acceptors (Lipinski definition) is 4. The third kappa shape index (κ3) is 3.57. The molecule has 100 valence electrons. The Balaban J connectivity index is 1.70. The highest BCUT2D eigenvalue weighted by Gasteiger charge is 2.18. The van der Waals surface area contributed by atoms with Gasteiger partial charge in [0.2, 0.25) is 0 Å². The normalized spacial score (nSPS) is 24.1. The molecule has 0 amide bonds. The summed E-state index contributed by atoms with van der Waals surface area (Å²) in [6, 6.07) is 3.06. The van der Waals surface area contributed by atoms with Crippen LogP contribution in [-0.4, -0.2) is 11.5 Å². The van der Waals surface area contributed by atoms with E-state index in [0.717, 1.165) is 18.4 Å². The van der Waals surface area contributed by atoms with Gasteiger partial charge in [-0.25, -0.2) is 0 Å². The van der Waals surface area contributed by atoms with Crippen LogP contribution in [0.15, 0.2) is 16.5 Å². The predicted octanol–water partition coefficient (Wildman–Crippen LogP) is 3.10. The molecular formula is C13H20N2O3. The Morgan fingerprint density at radius 2 is 2.11 bits per heavy atom. The number of nitrogens with zero attached hydrogens (tertiary/aromatic N) is 1. The first-order valence-corrected chi connectivity index (χ1v) is 6.59. The zero-order valence-electron chi connectivity index (χ0n) is 10.7. The molecule has 0 spiro atoms. The van der Waals surface area contributed by atoms with Crippen molar-refractivity contribution in [3.63, 3.8) is 0 Å². The Kier molecular flexibility index (Phi) is 4.36. The zero-order valence-corrected chi connectivity index (χ0v) is 10.7. The standard InChI is InChI=1S/C13H20N2O3/c1-10-2-4-11(5-3-10)8-14-9-12-6-7-13(18-12)15(16)17/h6-7,10-11,14H,2-5,8-9H2,1H3. The van der Waals surface area contributed by atoms with Crippen LogP contribution in [0.2, 0.25) is 0 Å². The van der Waals surface area contributed by atoms with E-state index in [9.17, 15) is 10.1 Å². The van der Waals surface area contributed by atoms with E-state index in [4.69, 9.17) is 4.42 Å². The van der Waals surface area contributed by atoms with Gasteiger partial charge in [0.15, 0.2) is 0 Å². The van der Waals surface area contributed by atoms with E-state index in [2.05, 4.69) is 12.2 Å². The van der Waals surface area contributed by atoms with Gasteiger partial charge in [0.1, 0.15) is 10.7 Å². The lowest BCUT2D eigenvalue weighted by molar-refractivity contribution is -0.402. The van der Waals surface area contributed by atoms with Crippen LogP contribution >= 0.6 is 0 Å². The molecule has 5 nitrogen and oxygen atoms in total. The first kappa shape index (κ1) is 13.1. The van der Waals surface area contributed by atoms with Crippen molar-refractivity contribution >= 4 is 5.88 Å². The maximum absolute atomic E-state index is 10.5. The largest absolute Gasteiger partial charge is 0.433 e. The van der Waals surface area contributed by atoms with E-state index in [1.807, 2.05) is 0 Å². The fraction of sp³-hybridized carbons (Fsp3) is 0.692. The molecule has 1 saturated carbocycles. The van der Waals surface area contributed by atoms with Crippen molar-refractivity contribution in [3.05, 3.63) is 28.0 Å². The van der Waals surface area contributed by atoms with Gasteiger partial charge in [-0.3, -0.25) is 10.1 Å². The van der Waals surface area contributed by atoms with Crippen molar-refractivity contribution in [1.29, 1.82) is 0 Å². The maximum atomic E-state index is 10.5. The van der Waals surface area contributed by atoms with Crippen molar-refractivity contribution in [1.82, 2.24) is 5.32 Å². The van der Waals surface area contributed by atoms with E-state index < -0.39 is 4.92 Å². The Labute approximate surface area is 107 Å². The van der Waals surface area contributed by atoms with Crippen molar-refractivity contribution in [2.75, 3.05) is 6.54 Å². The lowest BCUT2D eigenvalue weighted by atomic mass is 9.83. The third-order valence-electron chi connectivity index (χ3n) is 3.70. The minimum absolute atomic E-state index is 0.182. The molecule has 0 aromatic carbocycles. The Morgan fingerprint density at radius 3 is 2.72 bits per heavy atom. The second-order valence-corrected chi connectivity index (χ2v) is 5.25. The van der Waals surface area contributed by atoms with Crippen LogP contribution in [0.25, 0.3) is 0 Å².